The van der Waals surface area contributed by atoms with E-state index in [0.29, 0.717) is 22.4 Å². The summed E-state index contributed by atoms with van der Waals surface area (Å²) in [5.41, 5.74) is 3.21. The van der Waals surface area contributed by atoms with Crippen molar-refractivity contribution in [3.63, 3.8) is 0 Å². The molecule has 0 atom stereocenters. The molecule has 1 saturated heterocycles. The second-order valence-corrected chi connectivity index (χ2v) is 7.61. The molecule has 134 valence electrons. The lowest BCUT2D eigenvalue weighted by atomic mass is 10.1. The number of amides is 1. The van der Waals surface area contributed by atoms with Crippen molar-refractivity contribution in [3.8, 4) is 11.5 Å². The molecule has 3 rings (SSSR count). The van der Waals surface area contributed by atoms with Crippen LogP contribution >= 0.6 is 24.0 Å². The predicted octanol–water partition coefficient (Wildman–Crippen LogP) is 4.25. The highest BCUT2D eigenvalue weighted by Crippen LogP contribution is 2.26. The monoisotopic (exact) mass is 385 g/mol. The molecule has 6 heteroatoms. The molecular weight excluding hydrogens is 366 g/mol. The van der Waals surface area contributed by atoms with E-state index in [1.807, 2.05) is 56.3 Å². The van der Waals surface area contributed by atoms with Gasteiger partial charge in [-0.3, -0.25) is 4.79 Å². The maximum atomic E-state index is 11.7. The third kappa shape index (κ3) is 4.86. The van der Waals surface area contributed by atoms with Crippen LogP contribution < -0.4 is 14.8 Å². The maximum absolute atomic E-state index is 11.7. The highest BCUT2D eigenvalue weighted by Gasteiger charge is 2.21. The van der Waals surface area contributed by atoms with Crippen LogP contribution in [0.3, 0.4) is 0 Å². The molecule has 0 aromatic heterocycles. The third-order valence-electron chi connectivity index (χ3n) is 3.77. The molecule has 1 N–H and O–H groups in total. The van der Waals surface area contributed by atoms with Crippen LogP contribution in [-0.4, -0.2) is 23.4 Å². The molecule has 4 nitrogen and oxygen atoms in total. The van der Waals surface area contributed by atoms with Crippen LogP contribution in [0, 0.1) is 13.8 Å². The van der Waals surface area contributed by atoms with Gasteiger partial charge in [-0.25, -0.2) is 0 Å². The minimum atomic E-state index is -0.149. The molecule has 0 spiro atoms. The number of hydrogen-bond donors (Lipinski definition) is 1. The number of aryl methyl sites for hydroxylation is 2. The summed E-state index contributed by atoms with van der Waals surface area (Å²) in [5, 5.41) is 2.60. The molecule has 0 unspecified atom stereocenters. The summed E-state index contributed by atoms with van der Waals surface area (Å²) >= 11 is 6.25. The number of ether oxygens (including phenoxy) is 2. The summed E-state index contributed by atoms with van der Waals surface area (Å²) < 4.78 is 12.0. The number of nitrogens with one attached hydrogen (secondary N) is 1. The Hall–Kier alpha value is -2.31. The number of carbonyl (C=O) groups is 1. The molecule has 0 saturated carbocycles. The lowest BCUT2D eigenvalue weighted by Crippen LogP contribution is -2.17. The van der Waals surface area contributed by atoms with Gasteiger partial charge in [0.25, 0.3) is 5.91 Å². The Morgan fingerprint density at radius 3 is 2.50 bits per heavy atom. The molecular formula is C20H19NO3S2. The van der Waals surface area contributed by atoms with Gasteiger partial charge in [0.2, 0.25) is 0 Å². The minimum Gasteiger partial charge on any atom is -0.490 e. The SMILES string of the molecule is Cc1ccc(C)c(OCCOc2ccc(/C=C3\SC(=S)NC3=O)cc2)c1. The molecule has 2 aromatic carbocycles. The van der Waals surface area contributed by atoms with Gasteiger partial charge in [-0.05, 0) is 54.8 Å². The van der Waals surface area contributed by atoms with Gasteiger partial charge in [0.1, 0.15) is 29.0 Å². The fraction of sp³-hybridized carbons (Fsp3) is 0.200. The van der Waals surface area contributed by atoms with E-state index in [4.69, 9.17) is 21.7 Å². The summed E-state index contributed by atoms with van der Waals surface area (Å²) in [4.78, 5) is 12.3. The van der Waals surface area contributed by atoms with Gasteiger partial charge in [0.15, 0.2) is 0 Å². The first-order valence-corrected chi connectivity index (χ1v) is 9.41. The van der Waals surface area contributed by atoms with Crippen LogP contribution in [0.25, 0.3) is 6.08 Å². The van der Waals surface area contributed by atoms with E-state index in [-0.39, 0.29) is 5.91 Å². The lowest BCUT2D eigenvalue weighted by molar-refractivity contribution is -0.115. The van der Waals surface area contributed by atoms with E-state index in [1.165, 1.54) is 17.3 Å². The quantitative estimate of drug-likeness (QED) is 0.458. The molecule has 0 aliphatic carbocycles. The van der Waals surface area contributed by atoms with Gasteiger partial charge in [-0.1, -0.05) is 48.2 Å². The van der Waals surface area contributed by atoms with E-state index in [1.54, 1.807) is 0 Å². The zero-order chi connectivity index (χ0) is 18.5. The fourth-order valence-corrected chi connectivity index (χ4v) is 3.45. The van der Waals surface area contributed by atoms with Gasteiger partial charge in [0, 0.05) is 0 Å². The molecule has 26 heavy (non-hydrogen) atoms. The number of thiocarbonyl (C=S) groups is 1. The van der Waals surface area contributed by atoms with E-state index in [2.05, 4.69) is 11.4 Å². The Morgan fingerprint density at radius 1 is 1.08 bits per heavy atom. The summed E-state index contributed by atoms with van der Waals surface area (Å²) in [5.74, 6) is 1.50. The van der Waals surface area contributed by atoms with Crippen LogP contribution in [0.15, 0.2) is 47.4 Å². The average Bonchev–Trinajstić information content (AvgIpc) is 2.93. The van der Waals surface area contributed by atoms with Crippen molar-refractivity contribution >= 4 is 40.3 Å². The van der Waals surface area contributed by atoms with Crippen molar-refractivity contribution < 1.29 is 14.3 Å². The number of benzene rings is 2. The molecule has 1 fully saturated rings. The van der Waals surface area contributed by atoms with Gasteiger partial charge >= 0.3 is 0 Å². The smallest absolute Gasteiger partial charge is 0.263 e. The first kappa shape index (κ1) is 18.5. The van der Waals surface area contributed by atoms with Crippen LogP contribution in [0.5, 0.6) is 11.5 Å². The lowest BCUT2D eigenvalue weighted by Gasteiger charge is -2.11. The minimum absolute atomic E-state index is 0.149. The summed E-state index contributed by atoms with van der Waals surface area (Å²) in [6.45, 7) is 5.00. The first-order chi connectivity index (χ1) is 12.5. The zero-order valence-electron chi connectivity index (χ0n) is 14.6. The average molecular weight is 386 g/mol. The van der Waals surface area contributed by atoms with Crippen molar-refractivity contribution in [3.05, 3.63) is 64.1 Å². The second kappa shape index (κ2) is 8.38. The van der Waals surface area contributed by atoms with E-state index in [9.17, 15) is 4.79 Å². The Kier molecular flexibility index (Phi) is 5.96. The van der Waals surface area contributed by atoms with Gasteiger partial charge in [0.05, 0.1) is 4.91 Å². The van der Waals surface area contributed by atoms with Crippen molar-refractivity contribution in [1.29, 1.82) is 0 Å². The van der Waals surface area contributed by atoms with Crippen molar-refractivity contribution in [1.82, 2.24) is 5.32 Å². The molecule has 1 amide bonds. The Bertz CT molecular complexity index is 860. The molecule has 1 heterocycles. The largest absolute Gasteiger partial charge is 0.490 e. The summed E-state index contributed by atoms with van der Waals surface area (Å²) in [7, 11) is 0. The van der Waals surface area contributed by atoms with E-state index < -0.39 is 0 Å². The molecule has 1 aliphatic heterocycles. The second-order valence-electron chi connectivity index (χ2n) is 5.89. The maximum Gasteiger partial charge on any atom is 0.263 e. The number of rotatable bonds is 6. The molecule has 2 aromatic rings. The van der Waals surface area contributed by atoms with E-state index in [0.717, 1.165) is 22.6 Å². The first-order valence-electron chi connectivity index (χ1n) is 8.19. The van der Waals surface area contributed by atoms with Crippen molar-refractivity contribution in [2.75, 3.05) is 13.2 Å². The molecule has 0 radical (unpaired) electrons. The van der Waals surface area contributed by atoms with E-state index >= 15 is 0 Å². The number of carbonyl (C=O) groups excluding carboxylic acids is 1. The van der Waals surface area contributed by atoms with Crippen molar-refractivity contribution in [2.24, 2.45) is 0 Å². The topological polar surface area (TPSA) is 47.6 Å². The summed E-state index contributed by atoms with van der Waals surface area (Å²) in [6.07, 6.45) is 1.81. The Balaban J connectivity index is 1.50. The van der Waals surface area contributed by atoms with Gasteiger partial charge in [-0.15, -0.1) is 0 Å². The third-order valence-corrected chi connectivity index (χ3v) is 4.94. The van der Waals surface area contributed by atoms with Crippen LogP contribution in [0.1, 0.15) is 16.7 Å². The van der Waals surface area contributed by atoms with Crippen LogP contribution in [0.2, 0.25) is 0 Å². The standard InChI is InChI=1S/C20H19NO3S2/c1-13-3-4-14(2)17(11-13)24-10-9-23-16-7-5-15(6-8-16)12-18-19(22)21-20(25)26-18/h3-8,11-12H,9-10H2,1-2H3,(H,21,22,25)/b18-12-. The van der Waals surface area contributed by atoms with Crippen LogP contribution in [-0.2, 0) is 4.79 Å². The number of thioether (sulfide) groups is 1. The summed E-state index contributed by atoms with van der Waals surface area (Å²) in [6, 6.07) is 13.7. The number of hydrogen-bond acceptors (Lipinski definition) is 5. The van der Waals surface area contributed by atoms with Crippen LogP contribution in [0.4, 0.5) is 0 Å². The zero-order valence-corrected chi connectivity index (χ0v) is 16.2. The normalized spacial score (nSPS) is 15.2. The van der Waals surface area contributed by atoms with Crippen molar-refractivity contribution in [2.45, 2.75) is 13.8 Å². The van der Waals surface area contributed by atoms with Gasteiger partial charge in [-0.2, -0.15) is 0 Å². The molecule has 0 bridgehead atoms. The Labute approximate surface area is 162 Å². The highest BCUT2D eigenvalue weighted by molar-refractivity contribution is 8.26. The molecule has 1 aliphatic rings. The van der Waals surface area contributed by atoms with Gasteiger partial charge < -0.3 is 14.8 Å². The highest BCUT2D eigenvalue weighted by atomic mass is 32.2. The Morgan fingerprint density at radius 2 is 1.81 bits per heavy atom. The fourth-order valence-electron chi connectivity index (χ4n) is 2.41. The predicted molar refractivity (Wildman–Crippen MR) is 110 cm³/mol.